The van der Waals surface area contributed by atoms with Gasteiger partial charge >= 0.3 is 0 Å². The van der Waals surface area contributed by atoms with Gasteiger partial charge in [-0.1, -0.05) is 6.07 Å². The molecule has 176 valence electrons. The Labute approximate surface area is 198 Å². The molecule has 34 heavy (non-hydrogen) atoms. The summed E-state index contributed by atoms with van der Waals surface area (Å²) in [6.45, 7) is 4.92. The smallest absolute Gasteiger partial charge is 0.254 e. The predicted octanol–water partition coefficient (Wildman–Crippen LogP) is 2.04. The molecule has 9 nitrogen and oxygen atoms in total. The zero-order valence-electron chi connectivity index (χ0n) is 19.4. The van der Waals surface area contributed by atoms with E-state index >= 15 is 0 Å². The van der Waals surface area contributed by atoms with Gasteiger partial charge in [0, 0.05) is 50.0 Å². The van der Waals surface area contributed by atoms with Gasteiger partial charge in [-0.2, -0.15) is 9.78 Å². The first-order chi connectivity index (χ1) is 16.6. The number of rotatable bonds is 6. The highest BCUT2D eigenvalue weighted by Crippen LogP contribution is 2.41. The molecule has 2 aliphatic carbocycles. The summed E-state index contributed by atoms with van der Waals surface area (Å²) in [6, 6.07) is 8.05. The molecule has 0 bridgehead atoms. The second-order valence-electron chi connectivity index (χ2n) is 9.66. The third-order valence-corrected chi connectivity index (χ3v) is 6.89. The highest BCUT2D eigenvalue weighted by atomic mass is 16.2. The lowest BCUT2D eigenvalue weighted by Gasteiger charge is -2.34. The molecule has 3 aromatic heterocycles. The van der Waals surface area contributed by atoms with Crippen LogP contribution < -0.4 is 5.32 Å². The van der Waals surface area contributed by atoms with Crippen LogP contribution in [0.25, 0.3) is 16.9 Å². The van der Waals surface area contributed by atoms with E-state index in [2.05, 4.69) is 15.2 Å². The molecule has 0 atom stereocenters. The van der Waals surface area contributed by atoms with Crippen molar-refractivity contribution in [2.45, 2.75) is 44.6 Å². The van der Waals surface area contributed by atoms with Crippen LogP contribution in [0.3, 0.4) is 0 Å². The average molecular weight is 460 g/mol. The number of fused-ring (bicyclic) bond motifs is 1. The molecular weight excluding hydrogens is 430 g/mol. The number of aromatic nitrogens is 4. The first kappa shape index (κ1) is 21.2. The minimum atomic E-state index is 0.0139. The number of nitrogens with zero attached hydrogens (tertiary/aromatic N) is 6. The summed E-state index contributed by atoms with van der Waals surface area (Å²) in [5, 5.41) is 8.55. The summed E-state index contributed by atoms with van der Waals surface area (Å²) < 4.78 is 1.75. The van der Waals surface area contributed by atoms with Crippen molar-refractivity contribution >= 4 is 22.8 Å². The third kappa shape index (κ3) is 4.16. The Balaban J connectivity index is 1.27. The van der Waals surface area contributed by atoms with Gasteiger partial charge in [-0.15, -0.1) is 0 Å². The van der Waals surface area contributed by atoms with Gasteiger partial charge in [0.25, 0.3) is 5.91 Å². The van der Waals surface area contributed by atoms with Crippen molar-refractivity contribution in [2.24, 2.45) is 0 Å². The first-order valence-corrected chi connectivity index (χ1v) is 12.2. The number of pyridine rings is 2. The molecule has 1 aliphatic heterocycles. The lowest BCUT2D eigenvalue weighted by molar-refractivity contribution is -0.122. The highest BCUT2D eigenvalue weighted by molar-refractivity contribution is 6.07. The van der Waals surface area contributed by atoms with E-state index in [0.29, 0.717) is 61.7 Å². The molecule has 3 aromatic rings. The summed E-state index contributed by atoms with van der Waals surface area (Å²) in [5.74, 6) is 1.20. The maximum absolute atomic E-state index is 13.7. The molecule has 0 spiro atoms. The lowest BCUT2D eigenvalue weighted by Crippen LogP contribution is -2.51. The molecule has 1 saturated heterocycles. The Bertz CT molecular complexity index is 1240. The minimum Gasteiger partial charge on any atom is -0.352 e. The summed E-state index contributed by atoms with van der Waals surface area (Å²) in [4.78, 5) is 39.3. The van der Waals surface area contributed by atoms with Crippen molar-refractivity contribution in [1.29, 1.82) is 0 Å². The van der Waals surface area contributed by atoms with Gasteiger partial charge in [0.1, 0.15) is 0 Å². The summed E-state index contributed by atoms with van der Waals surface area (Å²) >= 11 is 0. The van der Waals surface area contributed by atoms with Gasteiger partial charge in [-0.05, 0) is 50.8 Å². The Kier molecular flexibility index (Phi) is 5.28. The van der Waals surface area contributed by atoms with Crippen LogP contribution >= 0.6 is 0 Å². The van der Waals surface area contributed by atoms with E-state index in [1.54, 1.807) is 10.9 Å². The minimum absolute atomic E-state index is 0.0139. The maximum atomic E-state index is 13.7. The van der Waals surface area contributed by atoms with Crippen LogP contribution in [0.15, 0.2) is 30.5 Å². The van der Waals surface area contributed by atoms with E-state index in [-0.39, 0.29) is 11.8 Å². The lowest BCUT2D eigenvalue weighted by atomic mass is 10.1. The van der Waals surface area contributed by atoms with E-state index in [4.69, 9.17) is 10.1 Å². The summed E-state index contributed by atoms with van der Waals surface area (Å²) in [5.41, 5.74) is 3.10. The van der Waals surface area contributed by atoms with Gasteiger partial charge in [0.05, 0.1) is 23.2 Å². The molecule has 4 heterocycles. The topological polar surface area (TPSA) is 96.2 Å². The summed E-state index contributed by atoms with van der Waals surface area (Å²) in [6.07, 6.45) is 6.12. The van der Waals surface area contributed by atoms with Crippen LogP contribution in [0.5, 0.6) is 0 Å². The van der Waals surface area contributed by atoms with Gasteiger partial charge in [0.2, 0.25) is 5.91 Å². The Morgan fingerprint density at radius 2 is 1.88 bits per heavy atom. The van der Waals surface area contributed by atoms with E-state index < -0.39 is 0 Å². The maximum Gasteiger partial charge on any atom is 0.254 e. The van der Waals surface area contributed by atoms with E-state index in [9.17, 15) is 9.59 Å². The van der Waals surface area contributed by atoms with Crippen LogP contribution in [-0.2, 0) is 4.79 Å². The molecule has 0 aromatic carbocycles. The molecule has 9 heteroatoms. The molecule has 1 N–H and O–H groups in total. The quantitative estimate of drug-likeness (QED) is 0.606. The number of carbonyl (C=O) groups excluding carboxylic acids is 2. The number of nitrogens with one attached hydrogen (secondary N) is 1. The molecule has 6 rings (SSSR count). The van der Waals surface area contributed by atoms with Crippen molar-refractivity contribution in [3.63, 3.8) is 0 Å². The Morgan fingerprint density at radius 1 is 1.09 bits per heavy atom. The molecule has 2 amide bonds. The van der Waals surface area contributed by atoms with E-state index in [1.165, 1.54) is 0 Å². The molecule has 3 fully saturated rings. The fourth-order valence-corrected chi connectivity index (χ4v) is 4.69. The van der Waals surface area contributed by atoms with Gasteiger partial charge in [-0.25, -0.2) is 9.97 Å². The Hall–Kier alpha value is -3.33. The molecule has 0 radical (unpaired) electrons. The van der Waals surface area contributed by atoms with Crippen molar-refractivity contribution in [3.8, 4) is 5.82 Å². The zero-order valence-corrected chi connectivity index (χ0v) is 19.4. The fraction of sp³-hybridized carbons (Fsp3) is 0.480. The van der Waals surface area contributed by atoms with Crippen LogP contribution in [0.4, 0.5) is 0 Å². The van der Waals surface area contributed by atoms with Crippen LogP contribution in [0.2, 0.25) is 0 Å². The number of amides is 2. The van der Waals surface area contributed by atoms with E-state index in [0.717, 1.165) is 42.5 Å². The Morgan fingerprint density at radius 3 is 2.56 bits per heavy atom. The molecule has 0 unspecified atom stereocenters. The normalized spacial score (nSPS) is 18.9. The summed E-state index contributed by atoms with van der Waals surface area (Å²) in [7, 11) is 0. The molecule has 2 saturated carbocycles. The third-order valence-electron chi connectivity index (χ3n) is 6.89. The highest BCUT2D eigenvalue weighted by Gasteiger charge is 2.32. The van der Waals surface area contributed by atoms with Crippen LogP contribution in [0.1, 0.15) is 53.3 Å². The van der Waals surface area contributed by atoms with E-state index in [1.807, 2.05) is 36.1 Å². The first-order valence-electron chi connectivity index (χ1n) is 12.2. The number of hydrogen-bond donors (Lipinski definition) is 1. The second-order valence-corrected chi connectivity index (χ2v) is 9.66. The van der Waals surface area contributed by atoms with Crippen molar-refractivity contribution < 1.29 is 9.59 Å². The van der Waals surface area contributed by atoms with Crippen LogP contribution in [-0.4, -0.2) is 80.1 Å². The van der Waals surface area contributed by atoms with Crippen molar-refractivity contribution in [1.82, 2.24) is 34.9 Å². The number of carbonyl (C=O) groups is 2. The number of aryl methyl sites for hydroxylation is 1. The SMILES string of the molecule is Cc1nn(-c2ccccn2)c2nc(C3CC3)cc(C(=O)N3CCN(CC(=O)NC4CC4)CC3)c12. The number of piperazine rings is 1. The van der Waals surface area contributed by atoms with Gasteiger partial charge < -0.3 is 10.2 Å². The predicted molar refractivity (Wildman–Crippen MR) is 127 cm³/mol. The zero-order chi connectivity index (χ0) is 23.2. The van der Waals surface area contributed by atoms with Gasteiger partial charge in [-0.3, -0.25) is 14.5 Å². The second kappa shape index (κ2) is 8.47. The number of hydrogen-bond acceptors (Lipinski definition) is 6. The average Bonchev–Trinajstić information content (AvgIpc) is 3.78. The monoisotopic (exact) mass is 459 g/mol. The fourth-order valence-electron chi connectivity index (χ4n) is 4.69. The standard InChI is InChI=1S/C25H29N7O2/c1-16-23-19(25(34)31-12-10-30(11-13-31)15-22(33)27-18-7-8-18)14-20(17-5-6-17)28-24(23)32(29-16)21-4-2-3-9-26-21/h2-4,9,14,17-18H,5-8,10-13,15H2,1H3,(H,27,33). The van der Waals surface area contributed by atoms with Crippen LogP contribution in [0, 0.1) is 6.92 Å². The largest absolute Gasteiger partial charge is 0.352 e. The van der Waals surface area contributed by atoms with Crippen molar-refractivity contribution in [3.05, 3.63) is 47.4 Å². The molecule has 3 aliphatic rings. The van der Waals surface area contributed by atoms with Crippen molar-refractivity contribution in [2.75, 3.05) is 32.7 Å². The molecular formula is C25H29N7O2. The van der Waals surface area contributed by atoms with Gasteiger partial charge in [0.15, 0.2) is 11.5 Å².